The summed E-state index contributed by atoms with van der Waals surface area (Å²) >= 11 is 1.36. The first-order valence-electron chi connectivity index (χ1n) is 12.7. The van der Waals surface area contributed by atoms with Gasteiger partial charge in [0.2, 0.25) is 0 Å². The van der Waals surface area contributed by atoms with Crippen LogP contribution >= 0.6 is 11.8 Å². The summed E-state index contributed by atoms with van der Waals surface area (Å²) in [5.41, 5.74) is 2.33. The number of rotatable bonds is 5. The minimum Gasteiger partial charge on any atom is -0.378 e. The second kappa shape index (κ2) is 11.3. The SMILES string of the molecule is CCSC(=O)N1CCC(n2ncc3c(N4CCOCC4)nc(-c4ccc(NC(=O)NC)cc4)nc32)CC1. The third-order valence-electron chi connectivity index (χ3n) is 6.71. The van der Waals surface area contributed by atoms with Crippen molar-refractivity contribution in [2.45, 2.75) is 25.8 Å². The van der Waals surface area contributed by atoms with Gasteiger partial charge in [0.15, 0.2) is 11.5 Å². The Kier molecular flexibility index (Phi) is 7.75. The summed E-state index contributed by atoms with van der Waals surface area (Å²) in [7, 11) is 1.58. The van der Waals surface area contributed by atoms with Crippen molar-refractivity contribution in [3.63, 3.8) is 0 Å². The van der Waals surface area contributed by atoms with Gasteiger partial charge >= 0.3 is 6.03 Å². The quantitative estimate of drug-likeness (QED) is 0.520. The molecule has 12 heteroatoms. The van der Waals surface area contributed by atoms with Crippen LogP contribution < -0.4 is 15.5 Å². The van der Waals surface area contributed by atoms with Gasteiger partial charge < -0.3 is 25.2 Å². The van der Waals surface area contributed by atoms with Crippen molar-refractivity contribution in [1.29, 1.82) is 0 Å². The molecule has 2 aromatic heterocycles. The molecule has 0 radical (unpaired) electrons. The molecule has 2 aliphatic heterocycles. The van der Waals surface area contributed by atoms with E-state index in [1.807, 2.05) is 47.0 Å². The number of piperidine rings is 1. The van der Waals surface area contributed by atoms with Crippen LogP contribution in [0.25, 0.3) is 22.4 Å². The zero-order valence-corrected chi connectivity index (χ0v) is 22.0. The summed E-state index contributed by atoms with van der Waals surface area (Å²) in [6.07, 6.45) is 3.53. The van der Waals surface area contributed by atoms with Crippen LogP contribution in [0.5, 0.6) is 0 Å². The fraction of sp³-hybridized carbons (Fsp3) is 0.480. The Hall–Kier alpha value is -3.38. The molecule has 11 nitrogen and oxygen atoms in total. The number of ether oxygens (including phenoxy) is 1. The number of nitrogens with one attached hydrogen (secondary N) is 2. The summed E-state index contributed by atoms with van der Waals surface area (Å²) in [6.45, 7) is 6.23. The highest BCUT2D eigenvalue weighted by Gasteiger charge is 2.27. The van der Waals surface area contributed by atoms with Crippen molar-refractivity contribution in [2.75, 3.05) is 62.4 Å². The third kappa shape index (κ3) is 5.49. The number of amides is 3. The van der Waals surface area contributed by atoms with Crippen LogP contribution in [0.4, 0.5) is 21.1 Å². The molecule has 0 spiro atoms. The summed E-state index contributed by atoms with van der Waals surface area (Å²) in [5, 5.41) is 11.2. The van der Waals surface area contributed by atoms with Crippen molar-refractivity contribution < 1.29 is 14.3 Å². The average molecular weight is 525 g/mol. The number of likely N-dealkylation sites (tertiary alicyclic amines) is 1. The Balaban J connectivity index is 1.47. The lowest BCUT2D eigenvalue weighted by Gasteiger charge is -2.32. The molecule has 1 aromatic carbocycles. The molecule has 196 valence electrons. The third-order valence-corrected chi connectivity index (χ3v) is 7.50. The maximum Gasteiger partial charge on any atom is 0.318 e. The van der Waals surface area contributed by atoms with Crippen LogP contribution in [0, 0.1) is 0 Å². The molecule has 0 atom stereocenters. The van der Waals surface area contributed by atoms with Crippen molar-refractivity contribution in [3.8, 4) is 11.4 Å². The monoisotopic (exact) mass is 524 g/mol. The van der Waals surface area contributed by atoms with Gasteiger partial charge in [0, 0.05) is 44.5 Å². The number of aromatic nitrogens is 4. The van der Waals surface area contributed by atoms with Crippen LogP contribution in [-0.2, 0) is 4.74 Å². The van der Waals surface area contributed by atoms with Crippen molar-refractivity contribution >= 4 is 45.6 Å². The smallest absolute Gasteiger partial charge is 0.318 e. The highest BCUT2D eigenvalue weighted by Crippen LogP contribution is 2.32. The number of carbonyl (C=O) groups is 2. The molecule has 0 aliphatic carbocycles. The molecule has 0 bridgehead atoms. The number of nitrogens with zero attached hydrogens (tertiary/aromatic N) is 6. The lowest BCUT2D eigenvalue weighted by Crippen LogP contribution is -2.37. The lowest BCUT2D eigenvalue weighted by atomic mass is 10.1. The van der Waals surface area contributed by atoms with Crippen molar-refractivity contribution in [1.82, 2.24) is 30.0 Å². The van der Waals surface area contributed by atoms with E-state index in [0.29, 0.717) is 37.8 Å². The van der Waals surface area contributed by atoms with Gasteiger partial charge in [-0.2, -0.15) is 5.10 Å². The van der Waals surface area contributed by atoms with Gasteiger partial charge in [-0.25, -0.2) is 19.4 Å². The molecule has 2 N–H and O–H groups in total. The van der Waals surface area contributed by atoms with Crippen molar-refractivity contribution in [3.05, 3.63) is 30.5 Å². The fourth-order valence-corrected chi connectivity index (χ4v) is 5.34. The fourth-order valence-electron chi connectivity index (χ4n) is 4.73. The number of fused-ring (bicyclic) bond motifs is 1. The Bertz CT molecular complexity index is 1250. The van der Waals surface area contributed by atoms with E-state index >= 15 is 0 Å². The summed E-state index contributed by atoms with van der Waals surface area (Å²) < 4.78 is 7.58. The molecule has 2 saturated heterocycles. The van der Waals surface area contributed by atoms with Gasteiger partial charge in [-0.05, 0) is 42.9 Å². The topological polar surface area (TPSA) is 118 Å². The molecule has 37 heavy (non-hydrogen) atoms. The normalized spacial score (nSPS) is 16.7. The second-order valence-electron chi connectivity index (χ2n) is 9.00. The second-order valence-corrected chi connectivity index (χ2v) is 10.2. The molecule has 2 fully saturated rings. The summed E-state index contributed by atoms with van der Waals surface area (Å²) in [4.78, 5) is 38.1. The molecule has 0 saturated carbocycles. The number of morpholine rings is 1. The predicted octanol–water partition coefficient (Wildman–Crippen LogP) is 3.59. The van der Waals surface area contributed by atoms with E-state index in [-0.39, 0.29) is 17.3 Å². The van der Waals surface area contributed by atoms with Crippen molar-refractivity contribution in [2.24, 2.45) is 0 Å². The highest BCUT2D eigenvalue weighted by molar-refractivity contribution is 8.13. The van der Waals surface area contributed by atoms with Gasteiger partial charge in [0.05, 0.1) is 30.8 Å². The van der Waals surface area contributed by atoms with E-state index in [0.717, 1.165) is 54.1 Å². The highest BCUT2D eigenvalue weighted by atomic mass is 32.2. The molecule has 2 aliphatic rings. The Morgan fingerprint density at radius 2 is 1.81 bits per heavy atom. The molecule has 3 amide bonds. The predicted molar refractivity (Wildman–Crippen MR) is 145 cm³/mol. The average Bonchev–Trinajstić information content (AvgIpc) is 3.37. The van der Waals surface area contributed by atoms with Gasteiger partial charge in [0.1, 0.15) is 5.82 Å². The Labute approximate surface area is 219 Å². The van der Waals surface area contributed by atoms with Crippen LogP contribution in [0.1, 0.15) is 25.8 Å². The van der Waals surface area contributed by atoms with Crippen LogP contribution in [-0.4, -0.2) is 88.1 Å². The van der Waals surface area contributed by atoms with E-state index in [1.54, 1.807) is 7.05 Å². The lowest BCUT2D eigenvalue weighted by molar-refractivity contribution is 0.122. The Morgan fingerprint density at radius 3 is 2.49 bits per heavy atom. The first-order chi connectivity index (χ1) is 18.1. The molecule has 3 aromatic rings. The largest absolute Gasteiger partial charge is 0.378 e. The number of benzene rings is 1. The minimum atomic E-state index is -0.273. The summed E-state index contributed by atoms with van der Waals surface area (Å²) in [5.74, 6) is 2.25. The number of anilines is 2. The van der Waals surface area contributed by atoms with Gasteiger partial charge in [-0.3, -0.25) is 4.79 Å². The van der Waals surface area contributed by atoms with Gasteiger partial charge in [-0.15, -0.1) is 0 Å². The minimum absolute atomic E-state index is 0.153. The molecule has 5 rings (SSSR count). The number of hydrogen-bond acceptors (Lipinski definition) is 8. The number of hydrogen-bond donors (Lipinski definition) is 2. The van der Waals surface area contributed by atoms with Crippen LogP contribution in [0.2, 0.25) is 0 Å². The van der Waals surface area contributed by atoms with E-state index in [4.69, 9.17) is 19.8 Å². The van der Waals surface area contributed by atoms with Crippen LogP contribution in [0.15, 0.2) is 30.5 Å². The Morgan fingerprint density at radius 1 is 1.08 bits per heavy atom. The maximum absolute atomic E-state index is 12.3. The molecular formula is C25H32N8O3S. The molecule has 0 unspecified atom stereocenters. The number of carbonyl (C=O) groups excluding carboxylic acids is 2. The van der Waals surface area contributed by atoms with E-state index < -0.39 is 0 Å². The van der Waals surface area contributed by atoms with Gasteiger partial charge in [-0.1, -0.05) is 18.7 Å². The first kappa shape index (κ1) is 25.3. The van der Waals surface area contributed by atoms with Gasteiger partial charge in [0.25, 0.3) is 5.24 Å². The number of urea groups is 1. The van der Waals surface area contributed by atoms with E-state index in [9.17, 15) is 9.59 Å². The van der Waals surface area contributed by atoms with E-state index in [2.05, 4.69) is 15.5 Å². The molecular weight excluding hydrogens is 492 g/mol. The zero-order valence-electron chi connectivity index (χ0n) is 21.1. The maximum atomic E-state index is 12.3. The standard InChI is InChI=1S/C25H32N8O3S/c1-3-37-25(35)32-10-8-19(9-11-32)33-23-20(16-27-33)22(31-12-14-36-15-13-31)29-21(30-23)17-4-6-18(7-5-17)28-24(34)26-2/h4-7,16,19H,3,8-15H2,1-2H3,(H2,26,28,34). The van der Waals surface area contributed by atoms with E-state index in [1.165, 1.54) is 11.8 Å². The first-order valence-corrected chi connectivity index (χ1v) is 13.6. The molecule has 4 heterocycles. The van der Waals surface area contributed by atoms with Crippen LogP contribution in [0.3, 0.4) is 0 Å². The summed E-state index contributed by atoms with van der Waals surface area (Å²) in [6, 6.07) is 7.38. The zero-order chi connectivity index (χ0) is 25.8. The number of thioether (sulfide) groups is 1.